The second kappa shape index (κ2) is 9.12. The number of methoxy groups -OCH3 is 1. The molecule has 2 atom stereocenters. The van der Waals surface area contributed by atoms with Crippen molar-refractivity contribution in [3.05, 3.63) is 0 Å². The SMILES string of the molecule is COCCCCS(=O)CC(NC(C)=O)C(=O)O. The first-order valence-corrected chi connectivity index (χ1v) is 6.80. The standard InChI is InChI=1S/C10H19NO5S/c1-8(12)11-9(10(13)14)7-17(15)6-4-3-5-16-2/h9H,3-7H2,1-2H3,(H,11,12)(H,13,14). The number of nitrogens with one attached hydrogen (secondary N) is 1. The molecule has 2 unspecified atom stereocenters. The highest BCUT2D eigenvalue weighted by atomic mass is 32.2. The van der Waals surface area contributed by atoms with Gasteiger partial charge in [0.2, 0.25) is 5.91 Å². The van der Waals surface area contributed by atoms with E-state index < -0.39 is 28.7 Å². The molecule has 0 spiro atoms. The maximum Gasteiger partial charge on any atom is 0.327 e. The minimum absolute atomic E-state index is 0.0537. The first-order valence-electron chi connectivity index (χ1n) is 5.31. The molecule has 7 heteroatoms. The zero-order valence-corrected chi connectivity index (χ0v) is 10.9. The van der Waals surface area contributed by atoms with Crippen molar-refractivity contribution in [1.29, 1.82) is 0 Å². The van der Waals surface area contributed by atoms with Crippen molar-refractivity contribution in [3.63, 3.8) is 0 Å². The predicted octanol–water partition coefficient (Wildman–Crippen LogP) is -0.249. The number of amides is 1. The third-order valence-electron chi connectivity index (χ3n) is 2.00. The summed E-state index contributed by atoms with van der Waals surface area (Å²) in [6.07, 6.45) is 1.51. The number of unbranched alkanes of at least 4 members (excludes halogenated alkanes) is 1. The van der Waals surface area contributed by atoms with Crippen LogP contribution in [0.25, 0.3) is 0 Å². The van der Waals surface area contributed by atoms with E-state index in [1.54, 1.807) is 7.11 Å². The van der Waals surface area contributed by atoms with Crippen molar-refractivity contribution >= 4 is 22.7 Å². The second-order valence-electron chi connectivity index (χ2n) is 3.60. The topological polar surface area (TPSA) is 92.7 Å². The lowest BCUT2D eigenvalue weighted by Crippen LogP contribution is -2.43. The lowest BCUT2D eigenvalue weighted by atomic mass is 10.3. The van der Waals surface area contributed by atoms with Crippen molar-refractivity contribution in [2.24, 2.45) is 0 Å². The van der Waals surface area contributed by atoms with Crippen molar-refractivity contribution in [1.82, 2.24) is 5.32 Å². The van der Waals surface area contributed by atoms with Gasteiger partial charge in [-0.05, 0) is 12.8 Å². The minimum atomic E-state index is -1.24. The molecule has 0 rings (SSSR count). The highest BCUT2D eigenvalue weighted by molar-refractivity contribution is 7.85. The molecule has 0 bridgehead atoms. The van der Waals surface area contributed by atoms with Gasteiger partial charge in [-0.3, -0.25) is 9.00 Å². The molecule has 100 valence electrons. The van der Waals surface area contributed by atoms with Crippen LogP contribution in [0.4, 0.5) is 0 Å². The lowest BCUT2D eigenvalue weighted by Gasteiger charge is -2.12. The molecule has 0 radical (unpaired) electrons. The Morgan fingerprint density at radius 1 is 1.41 bits per heavy atom. The normalized spacial score (nSPS) is 14.0. The number of rotatable bonds is 9. The van der Waals surface area contributed by atoms with Gasteiger partial charge in [-0.15, -0.1) is 0 Å². The van der Waals surface area contributed by atoms with Crippen LogP contribution in [0.5, 0.6) is 0 Å². The Morgan fingerprint density at radius 2 is 2.06 bits per heavy atom. The van der Waals surface area contributed by atoms with Crippen LogP contribution >= 0.6 is 0 Å². The highest BCUT2D eigenvalue weighted by Crippen LogP contribution is 1.97. The van der Waals surface area contributed by atoms with E-state index in [1.807, 2.05) is 0 Å². The monoisotopic (exact) mass is 265 g/mol. The number of carbonyl (C=O) groups is 2. The summed E-state index contributed by atoms with van der Waals surface area (Å²) >= 11 is 0. The molecule has 0 aliphatic rings. The van der Waals surface area contributed by atoms with Gasteiger partial charge in [0.25, 0.3) is 0 Å². The first kappa shape index (κ1) is 16.1. The van der Waals surface area contributed by atoms with Gasteiger partial charge in [-0.1, -0.05) is 0 Å². The average Bonchev–Trinajstić information content (AvgIpc) is 2.22. The van der Waals surface area contributed by atoms with E-state index in [0.717, 1.165) is 6.42 Å². The van der Waals surface area contributed by atoms with E-state index in [0.29, 0.717) is 18.8 Å². The molecule has 0 aliphatic carbocycles. The summed E-state index contributed by atoms with van der Waals surface area (Å²) < 4.78 is 16.4. The zero-order valence-electron chi connectivity index (χ0n) is 10.1. The third kappa shape index (κ3) is 8.82. The molecule has 0 heterocycles. The summed E-state index contributed by atoms with van der Waals surface area (Å²) in [5.41, 5.74) is 0. The summed E-state index contributed by atoms with van der Waals surface area (Å²) in [5, 5.41) is 11.1. The predicted molar refractivity (Wildman–Crippen MR) is 64.2 cm³/mol. The Balaban J connectivity index is 3.96. The Hall–Kier alpha value is -0.950. The van der Waals surface area contributed by atoms with Gasteiger partial charge in [0, 0.05) is 37.2 Å². The molecule has 2 N–H and O–H groups in total. The fraction of sp³-hybridized carbons (Fsp3) is 0.800. The van der Waals surface area contributed by atoms with Crippen LogP contribution in [0, 0.1) is 0 Å². The van der Waals surface area contributed by atoms with Crippen molar-refractivity contribution in [3.8, 4) is 0 Å². The molecule has 0 fully saturated rings. The number of hydrogen-bond acceptors (Lipinski definition) is 4. The molecule has 0 saturated heterocycles. The zero-order chi connectivity index (χ0) is 13.3. The molecular weight excluding hydrogens is 246 g/mol. The van der Waals surface area contributed by atoms with E-state index in [1.165, 1.54) is 6.92 Å². The third-order valence-corrected chi connectivity index (χ3v) is 3.45. The maximum absolute atomic E-state index is 11.6. The number of aliphatic carboxylic acids is 1. The van der Waals surface area contributed by atoms with E-state index in [4.69, 9.17) is 9.84 Å². The Kier molecular flexibility index (Phi) is 8.61. The van der Waals surface area contributed by atoms with Crippen LogP contribution in [0.3, 0.4) is 0 Å². The van der Waals surface area contributed by atoms with Crippen LogP contribution in [-0.4, -0.2) is 52.5 Å². The second-order valence-corrected chi connectivity index (χ2v) is 5.22. The smallest absolute Gasteiger partial charge is 0.327 e. The minimum Gasteiger partial charge on any atom is -0.480 e. The Bertz CT molecular complexity index is 282. The van der Waals surface area contributed by atoms with Gasteiger partial charge in [0.1, 0.15) is 6.04 Å². The van der Waals surface area contributed by atoms with E-state index in [9.17, 15) is 13.8 Å². The van der Waals surface area contributed by atoms with E-state index in [-0.39, 0.29) is 5.75 Å². The van der Waals surface area contributed by atoms with Gasteiger partial charge in [0.15, 0.2) is 0 Å². The van der Waals surface area contributed by atoms with Crippen LogP contribution in [-0.2, 0) is 25.1 Å². The largest absolute Gasteiger partial charge is 0.480 e. The van der Waals surface area contributed by atoms with Crippen molar-refractivity contribution < 1.29 is 23.6 Å². The molecule has 0 saturated carbocycles. The number of carboxylic acids is 1. The van der Waals surface area contributed by atoms with Gasteiger partial charge < -0.3 is 15.2 Å². The molecule has 1 amide bonds. The average molecular weight is 265 g/mol. The van der Waals surface area contributed by atoms with Crippen LogP contribution in [0.2, 0.25) is 0 Å². The number of ether oxygens (including phenoxy) is 1. The van der Waals surface area contributed by atoms with E-state index >= 15 is 0 Å². The van der Waals surface area contributed by atoms with Crippen LogP contribution < -0.4 is 5.32 Å². The molecule has 0 aromatic rings. The van der Waals surface area contributed by atoms with Crippen LogP contribution in [0.15, 0.2) is 0 Å². The summed E-state index contributed by atoms with van der Waals surface area (Å²) in [6.45, 7) is 1.84. The first-order chi connectivity index (χ1) is 7.97. The molecular formula is C10H19NO5S. The Labute approximate surface area is 103 Å². The van der Waals surface area contributed by atoms with Crippen molar-refractivity contribution in [2.45, 2.75) is 25.8 Å². The molecule has 6 nitrogen and oxygen atoms in total. The fourth-order valence-corrected chi connectivity index (χ4v) is 2.49. The van der Waals surface area contributed by atoms with Gasteiger partial charge in [-0.25, -0.2) is 4.79 Å². The summed E-state index contributed by atoms with van der Waals surface area (Å²) in [7, 11) is 0.350. The van der Waals surface area contributed by atoms with E-state index in [2.05, 4.69) is 5.32 Å². The highest BCUT2D eigenvalue weighted by Gasteiger charge is 2.20. The number of hydrogen-bond donors (Lipinski definition) is 2. The van der Waals surface area contributed by atoms with Gasteiger partial charge in [0.05, 0.1) is 5.75 Å². The number of carbonyl (C=O) groups excluding carboxylic acids is 1. The molecule has 0 aromatic heterocycles. The van der Waals surface area contributed by atoms with Gasteiger partial charge >= 0.3 is 5.97 Å². The van der Waals surface area contributed by atoms with Crippen molar-refractivity contribution in [2.75, 3.05) is 25.2 Å². The summed E-state index contributed by atoms with van der Waals surface area (Å²) in [6, 6.07) is -1.07. The maximum atomic E-state index is 11.6. The quantitative estimate of drug-likeness (QED) is 0.561. The summed E-state index contributed by atoms with van der Waals surface area (Å²) in [5.74, 6) is -1.23. The number of carboxylic acid groups (broad SMARTS) is 1. The summed E-state index contributed by atoms with van der Waals surface area (Å²) in [4.78, 5) is 21.5. The molecule has 0 aliphatic heterocycles. The van der Waals surface area contributed by atoms with Crippen LogP contribution in [0.1, 0.15) is 19.8 Å². The molecule has 0 aromatic carbocycles. The lowest BCUT2D eigenvalue weighted by molar-refractivity contribution is -0.140. The Morgan fingerprint density at radius 3 is 2.53 bits per heavy atom. The molecule has 17 heavy (non-hydrogen) atoms. The fourth-order valence-electron chi connectivity index (χ4n) is 1.20. The van der Waals surface area contributed by atoms with Gasteiger partial charge in [-0.2, -0.15) is 0 Å².